The van der Waals surface area contributed by atoms with Gasteiger partial charge >= 0.3 is 5.72 Å². The second-order valence-corrected chi connectivity index (χ2v) is 6.08. The first-order valence-electron chi connectivity index (χ1n) is 6.57. The van der Waals surface area contributed by atoms with E-state index < -0.39 is 16.7 Å². The first-order valence-corrected chi connectivity index (χ1v) is 6.57. The first kappa shape index (κ1) is 18.3. The Labute approximate surface area is 116 Å². The van der Waals surface area contributed by atoms with Crippen LogP contribution in [0, 0.1) is 12.0 Å². The number of ether oxygens (including phenoxy) is 2. The summed E-state index contributed by atoms with van der Waals surface area (Å²) in [7, 11) is 0. The summed E-state index contributed by atoms with van der Waals surface area (Å²) in [6, 6.07) is 0. The van der Waals surface area contributed by atoms with Gasteiger partial charge in [-0.3, -0.25) is 0 Å². The minimum absolute atomic E-state index is 0.111. The summed E-state index contributed by atoms with van der Waals surface area (Å²) in [6.45, 7) is 14.8. The summed E-state index contributed by atoms with van der Waals surface area (Å²) < 4.78 is 11.3. The predicted octanol–water partition coefficient (Wildman–Crippen LogP) is 1.88. The molecule has 0 aromatic heterocycles. The molecule has 5 nitrogen and oxygen atoms in total. The van der Waals surface area contributed by atoms with Crippen LogP contribution in [-0.4, -0.2) is 48.0 Å². The molecule has 0 spiro atoms. The smallest absolute Gasteiger partial charge is 0.379 e. The van der Waals surface area contributed by atoms with Gasteiger partial charge in [-0.05, 0) is 25.1 Å². The molecular weight excluding hydrogens is 246 g/mol. The topological polar surface area (TPSA) is 63.3 Å². The Morgan fingerprint density at radius 1 is 1.00 bits per heavy atom. The normalized spacial score (nSPS) is 13.4. The van der Waals surface area contributed by atoms with Gasteiger partial charge in [0.25, 0.3) is 6.57 Å². The van der Waals surface area contributed by atoms with E-state index in [4.69, 9.17) is 16.0 Å². The standard InChI is InChI=1S/C14H28NO4/c1-7-14(8-16,9-17)11-18-12(2,3)10-19-13(4,5)15-6/h6,16-17H,7-11H2,1-5H3/q+1. The molecule has 0 saturated heterocycles. The van der Waals surface area contributed by atoms with Crippen LogP contribution in [0.2, 0.25) is 0 Å². The summed E-state index contributed by atoms with van der Waals surface area (Å²) in [4.78, 5) is 3.62. The van der Waals surface area contributed by atoms with Gasteiger partial charge in [-0.1, -0.05) is 6.92 Å². The minimum Gasteiger partial charge on any atom is -0.396 e. The van der Waals surface area contributed by atoms with E-state index in [-0.39, 0.29) is 19.8 Å². The molecule has 112 valence electrons. The summed E-state index contributed by atoms with van der Waals surface area (Å²) in [6.07, 6.45) is 0.639. The molecule has 0 aliphatic heterocycles. The van der Waals surface area contributed by atoms with Gasteiger partial charge in [0, 0.05) is 19.3 Å². The fraction of sp³-hybridized carbons (Fsp3) is 0.929. The van der Waals surface area contributed by atoms with Crippen molar-refractivity contribution < 1.29 is 19.7 Å². The van der Waals surface area contributed by atoms with Crippen molar-refractivity contribution in [2.45, 2.75) is 52.4 Å². The Bertz CT molecular complexity index is 295. The molecule has 19 heavy (non-hydrogen) atoms. The zero-order valence-corrected chi connectivity index (χ0v) is 12.8. The molecule has 0 rings (SSSR count). The van der Waals surface area contributed by atoms with Gasteiger partial charge in [0.1, 0.15) is 0 Å². The molecule has 0 aliphatic carbocycles. The highest BCUT2D eigenvalue weighted by Gasteiger charge is 2.34. The van der Waals surface area contributed by atoms with Crippen molar-refractivity contribution in [2.24, 2.45) is 5.41 Å². The quantitative estimate of drug-likeness (QED) is 0.674. The molecule has 0 unspecified atom stereocenters. The zero-order valence-electron chi connectivity index (χ0n) is 12.8. The lowest BCUT2D eigenvalue weighted by molar-refractivity contribution is -0.139. The fourth-order valence-electron chi connectivity index (χ4n) is 1.24. The number of hydrogen-bond donors (Lipinski definition) is 2. The van der Waals surface area contributed by atoms with Crippen molar-refractivity contribution in [3.8, 4) is 6.57 Å². The number of hydrogen-bond acceptors (Lipinski definition) is 4. The van der Waals surface area contributed by atoms with Crippen molar-refractivity contribution in [3.63, 3.8) is 0 Å². The third-order valence-electron chi connectivity index (χ3n) is 3.27. The van der Waals surface area contributed by atoms with Gasteiger partial charge in [0.05, 0.1) is 32.0 Å². The van der Waals surface area contributed by atoms with Crippen molar-refractivity contribution in [1.82, 2.24) is 0 Å². The maximum absolute atomic E-state index is 9.37. The summed E-state index contributed by atoms with van der Waals surface area (Å²) in [5.41, 5.74) is -1.91. The van der Waals surface area contributed by atoms with E-state index in [1.807, 2.05) is 20.8 Å². The third-order valence-corrected chi connectivity index (χ3v) is 3.27. The molecule has 0 saturated carbocycles. The number of nitrogens with zero attached hydrogens (tertiary/aromatic N) is 1. The maximum Gasteiger partial charge on any atom is 0.379 e. The van der Waals surface area contributed by atoms with Crippen LogP contribution in [0.25, 0.3) is 4.85 Å². The molecule has 0 radical (unpaired) electrons. The Balaban J connectivity index is 4.42. The van der Waals surface area contributed by atoms with E-state index in [1.54, 1.807) is 13.8 Å². The van der Waals surface area contributed by atoms with E-state index in [2.05, 4.69) is 4.85 Å². The largest absolute Gasteiger partial charge is 0.396 e. The highest BCUT2D eigenvalue weighted by Crippen LogP contribution is 2.25. The summed E-state index contributed by atoms with van der Waals surface area (Å²) in [5, 5.41) is 18.7. The molecule has 0 bridgehead atoms. The Kier molecular flexibility index (Phi) is 6.95. The van der Waals surface area contributed by atoms with E-state index in [0.29, 0.717) is 13.0 Å². The second-order valence-electron chi connectivity index (χ2n) is 6.08. The minimum atomic E-state index is -0.754. The van der Waals surface area contributed by atoms with Crippen molar-refractivity contribution in [3.05, 3.63) is 4.85 Å². The van der Waals surface area contributed by atoms with E-state index >= 15 is 0 Å². The molecule has 2 N–H and O–H groups in total. The average molecular weight is 274 g/mol. The van der Waals surface area contributed by atoms with E-state index in [0.717, 1.165) is 0 Å². The number of aliphatic hydroxyl groups excluding tert-OH is 2. The van der Waals surface area contributed by atoms with Crippen LogP contribution in [0.1, 0.15) is 41.0 Å². The lowest BCUT2D eigenvalue weighted by atomic mass is 9.88. The molecule has 0 amide bonds. The monoisotopic (exact) mass is 274 g/mol. The molecule has 0 atom stereocenters. The second kappa shape index (κ2) is 7.20. The number of rotatable bonds is 9. The van der Waals surface area contributed by atoms with Crippen LogP contribution in [0.3, 0.4) is 0 Å². The van der Waals surface area contributed by atoms with Crippen LogP contribution >= 0.6 is 0 Å². The third kappa shape index (κ3) is 6.35. The van der Waals surface area contributed by atoms with Crippen molar-refractivity contribution in [1.29, 1.82) is 0 Å². The molecule has 0 aromatic rings. The molecule has 0 heterocycles. The van der Waals surface area contributed by atoms with Crippen LogP contribution < -0.4 is 0 Å². The Morgan fingerprint density at radius 2 is 1.53 bits per heavy atom. The van der Waals surface area contributed by atoms with Crippen molar-refractivity contribution in [2.75, 3.05) is 26.4 Å². The lowest BCUT2D eigenvalue weighted by Crippen LogP contribution is -2.41. The Hall–Kier alpha value is -0.670. The van der Waals surface area contributed by atoms with Gasteiger partial charge in [-0.15, -0.1) is 0 Å². The van der Waals surface area contributed by atoms with Gasteiger partial charge < -0.3 is 19.7 Å². The fourth-order valence-corrected chi connectivity index (χ4v) is 1.24. The molecular formula is C14H28NO4+. The van der Waals surface area contributed by atoms with Crippen LogP contribution in [0.5, 0.6) is 0 Å². The lowest BCUT2D eigenvalue weighted by Gasteiger charge is -2.33. The van der Waals surface area contributed by atoms with Crippen LogP contribution in [0.4, 0.5) is 0 Å². The van der Waals surface area contributed by atoms with E-state index in [1.165, 1.54) is 0 Å². The summed E-state index contributed by atoms with van der Waals surface area (Å²) in [5.74, 6) is 0. The highest BCUT2D eigenvalue weighted by atomic mass is 16.6. The zero-order chi connectivity index (χ0) is 15.2. The van der Waals surface area contributed by atoms with Crippen molar-refractivity contribution >= 4 is 0 Å². The predicted molar refractivity (Wildman–Crippen MR) is 75.3 cm³/mol. The molecule has 5 heteroatoms. The highest BCUT2D eigenvalue weighted by molar-refractivity contribution is 4.85. The average Bonchev–Trinajstić information content (AvgIpc) is 2.39. The van der Waals surface area contributed by atoms with Crippen LogP contribution in [0.15, 0.2) is 0 Å². The van der Waals surface area contributed by atoms with Crippen LogP contribution in [-0.2, 0) is 9.47 Å². The van der Waals surface area contributed by atoms with Gasteiger partial charge in [0.2, 0.25) is 0 Å². The van der Waals surface area contributed by atoms with E-state index in [9.17, 15) is 10.2 Å². The summed E-state index contributed by atoms with van der Waals surface area (Å²) >= 11 is 0. The SMILES string of the molecule is C#[N+]C(C)(C)OCC(C)(C)OCC(CC)(CO)CO. The molecule has 0 fully saturated rings. The van der Waals surface area contributed by atoms with Gasteiger partial charge in [-0.2, -0.15) is 0 Å². The molecule has 0 aromatic carbocycles. The van der Waals surface area contributed by atoms with Gasteiger partial charge in [-0.25, -0.2) is 0 Å². The number of aliphatic hydroxyl groups is 2. The first-order chi connectivity index (χ1) is 8.66. The van der Waals surface area contributed by atoms with Gasteiger partial charge in [0.15, 0.2) is 0 Å². The molecule has 0 aliphatic rings. The Morgan fingerprint density at radius 3 is 1.89 bits per heavy atom. The maximum atomic E-state index is 9.37.